The number of hydrogen-bond acceptors (Lipinski definition) is 4. The summed E-state index contributed by atoms with van der Waals surface area (Å²) < 4.78 is 10.7. The minimum Gasteiger partial charge on any atom is -0.454 e. The molecule has 0 saturated carbocycles. The fraction of sp³-hybridized carbons (Fsp3) is 0.111. The zero-order chi connectivity index (χ0) is 17.4. The van der Waals surface area contributed by atoms with Gasteiger partial charge in [0.15, 0.2) is 11.5 Å². The summed E-state index contributed by atoms with van der Waals surface area (Å²) in [4.78, 5) is 12.4. The van der Waals surface area contributed by atoms with Crippen molar-refractivity contribution in [1.82, 2.24) is 10.2 Å². The summed E-state index contributed by atoms with van der Waals surface area (Å²) in [6, 6.07) is 12.6. The second kappa shape index (κ2) is 6.14. The van der Waals surface area contributed by atoms with Crippen LogP contribution in [-0.4, -0.2) is 22.9 Å². The molecule has 0 spiro atoms. The molecule has 0 saturated heterocycles. The molecule has 126 valence electrons. The fourth-order valence-electron chi connectivity index (χ4n) is 2.57. The van der Waals surface area contributed by atoms with Crippen LogP contribution in [0.25, 0.3) is 11.3 Å². The summed E-state index contributed by atoms with van der Waals surface area (Å²) in [6.07, 6.45) is 0. The highest BCUT2D eigenvalue weighted by atomic mass is 35.5. The van der Waals surface area contributed by atoms with Gasteiger partial charge in [0.2, 0.25) is 6.79 Å². The Morgan fingerprint density at radius 1 is 1.20 bits per heavy atom. The van der Waals surface area contributed by atoms with Crippen molar-refractivity contribution < 1.29 is 14.3 Å². The lowest BCUT2D eigenvalue weighted by atomic mass is 10.1. The molecule has 0 radical (unpaired) electrons. The van der Waals surface area contributed by atoms with Crippen molar-refractivity contribution in [3.05, 3.63) is 58.7 Å². The number of aromatic amines is 1. The van der Waals surface area contributed by atoms with Crippen LogP contribution >= 0.6 is 11.6 Å². The number of nitrogens with one attached hydrogen (secondary N) is 2. The van der Waals surface area contributed by atoms with Crippen molar-refractivity contribution in [1.29, 1.82) is 0 Å². The first kappa shape index (κ1) is 15.5. The zero-order valence-corrected chi connectivity index (χ0v) is 14.1. The molecule has 2 heterocycles. The third kappa shape index (κ3) is 2.92. The summed E-state index contributed by atoms with van der Waals surface area (Å²) in [6.45, 7) is 2.06. The Balaban J connectivity index is 1.56. The lowest BCUT2D eigenvalue weighted by molar-refractivity contribution is 0.102. The van der Waals surface area contributed by atoms with E-state index in [1.807, 2.05) is 25.1 Å². The number of halogens is 1. The van der Waals surface area contributed by atoms with Crippen molar-refractivity contribution >= 4 is 23.2 Å². The molecule has 1 aliphatic heterocycles. The fourth-order valence-corrected chi connectivity index (χ4v) is 2.75. The number of aromatic nitrogens is 2. The van der Waals surface area contributed by atoms with E-state index in [2.05, 4.69) is 15.5 Å². The van der Waals surface area contributed by atoms with Crippen LogP contribution in [0.3, 0.4) is 0 Å². The van der Waals surface area contributed by atoms with E-state index in [9.17, 15) is 4.79 Å². The van der Waals surface area contributed by atoms with Gasteiger partial charge in [-0.15, -0.1) is 0 Å². The van der Waals surface area contributed by atoms with Gasteiger partial charge in [0.05, 0.1) is 5.69 Å². The van der Waals surface area contributed by atoms with Crippen LogP contribution in [-0.2, 0) is 0 Å². The summed E-state index contributed by atoms with van der Waals surface area (Å²) in [5.41, 5.74) is 3.31. The molecule has 6 nitrogen and oxygen atoms in total. The van der Waals surface area contributed by atoms with E-state index in [0.29, 0.717) is 33.6 Å². The number of hydrogen-bond donors (Lipinski definition) is 2. The highest BCUT2D eigenvalue weighted by Gasteiger charge is 2.17. The van der Waals surface area contributed by atoms with E-state index < -0.39 is 0 Å². The average Bonchev–Trinajstić information content (AvgIpc) is 3.27. The maximum absolute atomic E-state index is 12.4. The molecule has 0 aliphatic carbocycles. The Labute approximate surface area is 148 Å². The molecule has 2 N–H and O–H groups in total. The Morgan fingerprint density at radius 2 is 2.04 bits per heavy atom. The largest absolute Gasteiger partial charge is 0.454 e. The van der Waals surface area contributed by atoms with Crippen LogP contribution in [0.15, 0.2) is 42.5 Å². The molecular weight excluding hydrogens is 342 g/mol. The Bertz CT molecular complexity index is 968. The van der Waals surface area contributed by atoms with Gasteiger partial charge < -0.3 is 14.8 Å². The number of amides is 1. The molecule has 2 aromatic carbocycles. The van der Waals surface area contributed by atoms with Gasteiger partial charge in [-0.2, -0.15) is 5.10 Å². The molecule has 0 bridgehead atoms. The van der Waals surface area contributed by atoms with Gasteiger partial charge in [-0.05, 0) is 48.9 Å². The van der Waals surface area contributed by atoms with Gasteiger partial charge in [-0.3, -0.25) is 9.89 Å². The number of fused-ring (bicyclic) bond motifs is 1. The van der Waals surface area contributed by atoms with Crippen LogP contribution in [0.2, 0.25) is 5.02 Å². The molecule has 1 aromatic heterocycles. The number of ether oxygens (including phenoxy) is 2. The van der Waals surface area contributed by atoms with Crippen LogP contribution in [0.5, 0.6) is 11.5 Å². The molecule has 1 amide bonds. The lowest BCUT2D eigenvalue weighted by Gasteiger charge is -2.08. The molecule has 0 unspecified atom stereocenters. The quantitative estimate of drug-likeness (QED) is 0.744. The Hall–Kier alpha value is -2.99. The number of H-pyrrole nitrogens is 1. The molecule has 0 atom stereocenters. The summed E-state index contributed by atoms with van der Waals surface area (Å²) in [5, 5.41) is 10.4. The standard InChI is InChI=1S/C18H14ClN3O3/c1-10-12(19)3-2-4-13(10)20-18(23)15-8-14(21-22-15)11-5-6-16-17(7-11)25-9-24-16/h2-8H,9H2,1H3,(H,20,23)(H,21,22). The SMILES string of the molecule is Cc1c(Cl)cccc1NC(=O)c1cc(-c2ccc3c(c2)OCO3)n[nH]1. The smallest absolute Gasteiger partial charge is 0.273 e. The van der Waals surface area contributed by atoms with Crippen LogP contribution < -0.4 is 14.8 Å². The van der Waals surface area contributed by atoms with Crippen molar-refractivity contribution in [3.8, 4) is 22.8 Å². The number of rotatable bonds is 3. The number of carbonyl (C=O) groups is 1. The first-order chi connectivity index (χ1) is 12.1. The molecule has 1 aliphatic rings. The van der Waals surface area contributed by atoms with Crippen LogP contribution in [0, 0.1) is 6.92 Å². The van der Waals surface area contributed by atoms with Gasteiger partial charge in [0, 0.05) is 16.3 Å². The summed E-state index contributed by atoms with van der Waals surface area (Å²) in [5.74, 6) is 1.08. The minimum atomic E-state index is -0.287. The highest BCUT2D eigenvalue weighted by Crippen LogP contribution is 2.35. The van der Waals surface area contributed by atoms with E-state index in [0.717, 1.165) is 11.1 Å². The predicted octanol–water partition coefficient (Wildman–Crippen LogP) is 4.02. The number of anilines is 1. The van der Waals surface area contributed by atoms with Gasteiger partial charge in [0.25, 0.3) is 5.91 Å². The van der Waals surface area contributed by atoms with Gasteiger partial charge in [0.1, 0.15) is 5.69 Å². The van der Waals surface area contributed by atoms with E-state index in [1.54, 1.807) is 24.3 Å². The second-order valence-corrected chi connectivity index (χ2v) is 6.01. The second-order valence-electron chi connectivity index (χ2n) is 5.60. The molecule has 25 heavy (non-hydrogen) atoms. The van der Waals surface area contributed by atoms with Crippen molar-refractivity contribution in [2.75, 3.05) is 12.1 Å². The maximum atomic E-state index is 12.4. The van der Waals surface area contributed by atoms with Crippen molar-refractivity contribution in [2.45, 2.75) is 6.92 Å². The van der Waals surface area contributed by atoms with Gasteiger partial charge >= 0.3 is 0 Å². The summed E-state index contributed by atoms with van der Waals surface area (Å²) >= 11 is 6.08. The van der Waals surface area contributed by atoms with Gasteiger partial charge in [-0.25, -0.2) is 0 Å². The van der Waals surface area contributed by atoms with E-state index in [-0.39, 0.29) is 12.7 Å². The van der Waals surface area contributed by atoms with E-state index in [1.165, 1.54) is 0 Å². The molecule has 0 fully saturated rings. The minimum absolute atomic E-state index is 0.214. The molecule has 4 rings (SSSR count). The number of nitrogens with zero attached hydrogens (tertiary/aromatic N) is 1. The number of benzene rings is 2. The molecule has 7 heteroatoms. The van der Waals surface area contributed by atoms with Crippen LogP contribution in [0.1, 0.15) is 16.1 Å². The Morgan fingerprint density at radius 3 is 2.92 bits per heavy atom. The lowest BCUT2D eigenvalue weighted by Crippen LogP contribution is -2.13. The normalized spacial score (nSPS) is 12.2. The monoisotopic (exact) mass is 355 g/mol. The third-order valence-corrected chi connectivity index (χ3v) is 4.42. The highest BCUT2D eigenvalue weighted by molar-refractivity contribution is 6.31. The molecular formula is C18H14ClN3O3. The summed E-state index contributed by atoms with van der Waals surface area (Å²) in [7, 11) is 0. The topological polar surface area (TPSA) is 76.2 Å². The first-order valence-electron chi connectivity index (χ1n) is 7.64. The third-order valence-electron chi connectivity index (χ3n) is 4.01. The Kier molecular flexibility index (Phi) is 3.82. The zero-order valence-electron chi connectivity index (χ0n) is 13.3. The predicted molar refractivity (Wildman–Crippen MR) is 94.3 cm³/mol. The van der Waals surface area contributed by atoms with Crippen molar-refractivity contribution in [3.63, 3.8) is 0 Å². The van der Waals surface area contributed by atoms with Crippen LogP contribution in [0.4, 0.5) is 5.69 Å². The first-order valence-corrected chi connectivity index (χ1v) is 8.01. The van der Waals surface area contributed by atoms with Crippen molar-refractivity contribution in [2.24, 2.45) is 0 Å². The van der Waals surface area contributed by atoms with Gasteiger partial charge in [-0.1, -0.05) is 17.7 Å². The molecule has 3 aromatic rings. The van der Waals surface area contributed by atoms with E-state index in [4.69, 9.17) is 21.1 Å². The number of carbonyl (C=O) groups excluding carboxylic acids is 1. The maximum Gasteiger partial charge on any atom is 0.273 e. The average molecular weight is 356 g/mol. The van der Waals surface area contributed by atoms with E-state index >= 15 is 0 Å².